The summed E-state index contributed by atoms with van der Waals surface area (Å²) in [5.74, 6) is 1.05. The first kappa shape index (κ1) is 23.5. The number of halogens is 1. The molecule has 0 aromatic heterocycles. The number of ether oxygens (including phenoxy) is 1. The zero-order valence-corrected chi connectivity index (χ0v) is 18.8. The van der Waals surface area contributed by atoms with Crippen LogP contribution in [0.1, 0.15) is 45.1 Å². The maximum Gasteiger partial charge on any atom is 0.165 e. The molecule has 0 bridgehead atoms. The Balaban J connectivity index is 2.54. The monoisotopic (exact) mass is 420 g/mol. The fourth-order valence-corrected chi connectivity index (χ4v) is 3.83. The maximum absolute atomic E-state index is 13.4. The van der Waals surface area contributed by atoms with E-state index in [-0.39, 0.29) is 12.4 Å². The molecule has 4 nitrogen and oxygen atoms in total. The molecule has 2 aromatic rings. The molecule has 0 aliphatic rings. The first-order chi connectivity index (χ1) is 14.0. The van der Waals surface area contributed by atoms with Crippen LogP contribution in [0.3, 0.4) is 0 Å². The van der Waals surface area contributed by atoms with Gasteiger partial charge in [0.15, 0.2) is 5.75 Å². The highest BCUT2D eigenvalue weighted by Crippen LogP contribution is 2.43. The summed E-state index contributed by atoms with van der Waals surface area (Å²) in [5.41, 5.74) is 1.83. The molecular weight excluding hydrogens is 387 g/mol. The van der Waals surface area contributed by atoms with Crippen LogP contribution in [0.15, 0.2) is 41.3 Å². The summed E-state index contributed by atoms with van der Waals surface area (Å²) in [7, 11) is 3.95. The van der Waals surface area contributed by atoms with Crippen LogP contribution in [-0.2, 0) is 6.61 Å². The summed E-state index contributed by atoms with van der Waals surface area (Å²) >= 11 is 1.55. The van der Waals surface area contributed by atoms with Crippen LogP contribution in [-0.4, -0.2) is 36.6 Å². The first-order valence-electron chi connectivity index (χ1n) is 10.3. The lowest BCUT2D eigenvalue weighted by Gasteiger charge is -2.29. The average molecular weight is 421 g/mol. The third-order valence-electron chi connectivity index (χ3n) is 4.50. The molecule has 0 saturated carbocycles. The minimum atomic E-state index is -0.288. The van der Waals surface area contributed by atoms with Crippen molar-refractivity contribution in [3.63, 3.8) is 0 Å². The Bertz CT molecular complexity index is 745. The van der Waals surface area contributed by atoms with E-state index in [0.29, 0.717) is 5.75 Å². The lowest BCUT2D eigenvalue weighted by Crippen LogP contribution is -2.26. The number of nitrogens with zero attached hydrogens (tertiary/aromatic N) is 2. The molecule has 2 rings (SSSR count). The molecule has 0 unspecified atom stereocenters. The zero-order chi connectivity index (χ0) is 21.2. The highest BCUT2D eigenvalue weighted by Gasteiger charge is 2.20. The van der Waals surface area contributed by atoms with Crippen molar-refractivity contribution in [2.45, 2.75) is 51.0 Å². The van der Waals surface area contributed by atoms with E-state index in [4.69, 9.17) is 4.74 Å². The number of anilines is 1. The summed E-state index contributed by atoms with van der Waals surface area (Å²) in [4.78, 5) is 3.28. The van der Waals surface area contributed by atoms with Gasteiger partial charge in [0.25, 0.3) is 0 Å². The fourth-order valence-electron chi connectivity index (χ4n) is 3.01. The van der Waals surface area contributed by atoms with Crippen LogP contribution in [0.2, 0.25) is 0 Å². The van der Waals surface area contributed by atoms with Crippen molar-refractivity contribution < 1.29 is 14.2 Å². The molecule has 0 fully saturated rings. The third-order valence-corrected chi connectivity index (χ3v) is 5.36. The molecule has 6 heteroatoms. The van der Waals surface area contributed by atoms with Crippen molar-refractivity contribution in [3.05, 3.63) is 47.8 Å². The van der Waals surface area contributed by atoms with Gasteiger partial charge in [-0.25, -0.2) is 4.39 Å². The molecule has 29 heavy (non-hydrogen) atoms. The van der Waals surface area contributed by atoms with E-state index in [0.717, 1.165) is 60.7 Å². The molecule has 0 amide bonds. The van der Waals surface area contributed by atoms with Crippen molar-refractivity contribution in [1.82, 2.24) is 4.31 Å². The first-order valence-corrected chi connectivity index (χ1v) is 11.1. The van der Waals surface area contributed by atoms with E-state index < -0.39 is 0 Å². The van der Waals surface area contributed by atoms with E-state index in [1.54, 1.807) is 24.1 Å². The smallest absolute Gasteiger partial charge is 0.165 e. The average Bonchev–Trinajstić information content (AvgIpc) is 2.70. The van der Waals surface area contributed by atoms with Crippen LogP contribution in [0.25, 0.3) is 0 Å². The SMILES string of the molecule is CCCCN(CCCC)c1cc(CO)cc(SN(C)C)c1Oc1ccc(F)cc1. The lowest BCUT2D eigenvalue weighted by atomic mass is 10.1. The van der Waals surface area contributed by atoms with Crippen LogP contribution in [0.4, 0.5) is 10.1 Å². The Labute approximate surface area is 178 Å². The number of unbranched alkanes of at least 4 members (excludes halogenated alkanes) is 2. The van der Waals surface area contributed by atoms with E-state index in [9.17, 15) is 9.50 Å². The Hall–Kier alpha value is -1.76. The van der Waals surface area contributed by atoms with Crippen LogP contribution < -0.4 is 9.64 Å². The normalized spacial score (nSPS) is 11.1. The minimum absolute atomic E-state index is 0.0276. The summed E-state index contributed by atoms with van der Waals surface area (Å²) in [6.07, 6.45) is 4.38. The van der Waals surface area contributed by atoms with Gasteiger partial charge in [-0.05, 0) is 80.8 Å². The number of aliphatic hydroxyl groups is 1. The van der Waals surface area contributed by atoms with Crippen molar-refractivity contribution in [2.75, 3.05) is 32.1 Å². The van der Waals surface area contributed by atoms with Crippen molar-refractivity contribution in [1.29, 1.82) is 0 Å². The Morgan fingerprint density at radius 2 is 1.62 bits per heavy atom. The van der Waals surface area contributed by atoms with Crippen LogP contribution >= 0.6 is 11.9 Å². The molecule has 2 aromatic carbocycles. The summed E-state index contributed by atoms with van der Waals surface area (Å²) in [6, 6.07) is 10.1. The predicted molar refractivity (Wildman–Crippen MR) is 120 cm³/mol. The molecular formula is C23H33FN2O2S. The minimum Gasteiger partial charge on any atom is -0.454 e. The second-order valence-corrected chi connectivity index (χ2v) is 8.61. The quantitative estimate of drug-likeness (QED) is 0.421. The third kappa shape index (κ3) is 7.21. The fraction of sp³-hybridized carbons (Fsp3) is 0.478. The molecule has 0 heterocycles. The Morgan fingerprint density at radius 3 is 2.14 bits per heavy atom. The van der Waals surface area contributed by atoms with Gasteiger partial charge in [0.2, 0.25) is 0 Å². The van der Waals surface area contributed by atoms with Gasteiger partial charge < -0.3 is 14.7 Å². The van der Waals surface area contributed by atoms with E-state index in [1.807, 2.05) is 30.5 Å². The highest BCUT2D eigenvalue weighted by molar-refractivity contribution is 7.97. The maximum atomic E-state index is 13.4. The van der Waals surface area contributed by atoms with Gasteiger partial charge in [-0.15, -0.1) is 0 Å². The molecule has 0 radical (unpaired) electrons. The molecule has 0 atom stereocenters. The number of aliphatic hydroxyl groups excluding tert-OH is 1. The van der Waals surface area contributed by atoms with Crippen LogP contribution in [0.5, 0.6) is 11.5 Å². The van der Waals surface area contributed by atoms with Crippen molar-refractivity contribution in [3.8, 4) is 11.5 Å². The summed E-state index contributed by atoms with van der Waals surface area (Å²) in [6.45, 7) is 6.20. The summed E-state index contributed by atoms with van der Waals surface area (Å²) < 4.78 is 21.7. The largest absolute Gasteiger partial charge is 0.454 e. The standard InChI is InChI=1S/C23H33FN2O2S/c1-5-7-13-26(14-8-6-2)21-15-18(17-27)16-22(29-25(3)4)23(21)28-20-11-9-19(24)10-12-20/h9-12,15-16,27H,5-8,13-14,17H2,1-4H3. The number of benzene rings is 2. The molecule has 0 aliphatic heterocycles. The topological polar surface area (TPSA) is 35.9 Å². The van der Waals surface area contributed by atoms with Crippen LogP contribution in [0, 0.1) is 5.82 Å². The second kappa shape index (κ2) is 12.1. The van der Waals surface area contributed by atoms with Gasteiger partial charge in [-0.1, -0.05) is 26.7 Å². The highest BCUT2D eigenvalue weighted by atomic mass is 32.2. The van der Waals surface area contributed by atoms with Gasteiger partial charge in [-0.2, -0.15) is 0 Å². The Kier molecular flexibility index (Phi) is 9.78. The number of hydrogen-bond acceptors (Lipinski definition) is 5. The number of hydrogen-bond donors (Lipinski definition) is 1. The van der Waals surface area contributed by atoms with Gasteiger partial charge in [0.05, 0.1) is 17.2 Å². The lowest BCUT2D eigenvalue weighted by molar-refractivity contribution is 0.281. The van der Waals surface area contributed by atoms with Gasteiger partial charge >= 0.3 is 0 Å². The molecule has 160 valence electrons. The molecule has 0 aliphatic carbocycles. The van der Waals surface area contributed by atoms with E-state index >= 15 is 0 Å². The molecule has 0 saturated heterocycles. The van der Waals surface area contributed by atoms with Gasteiger partial charge in [-0.3, -0.25) is 4.31 Å². The van der Waals surface area contributed by atoms with E-state index in [1.165, 1.54) is 12.1 Å². The summed E-state index contributed by atoms with van der Waals surface area (Å²) in [5, 5.41) is 9.84. The van der Waals surface area contributed by atoms with Crippen molar-refractivity contribution in [2.24, 2.45) is 0 Å². The van der Waals surface area contributed by atoms with Gasteiger partial charge in [0, 0.05) is 13.1 Å². The predicted octanol–water partition coefficient (Wildman–Crippen LogP) is 6.09. The number of rotatable bonds is 12. The van der Waals surface area contributed by atoms with E-state index in [2.05, 4.69) is 18.7 Å². The molecule has 0 spiro atoms. The van der Waals surface area contributed by atoms with Crippen molar-refractivity contribution >= 4 is 17.6 Å². The zero-order valence-electron chi connectivity index (χ0n) is 17.9. The second-order valence-electron chi connectivity index (χ2n) is 7.25. The van der Waals surface area contributed by atoms with Gasteiger partial charge in [0.1, 0.15) is 11.6 Å². The molecule has 1 N–H and O–H groups in total. The Morgan fingerprint density at radius 1 is 1.00 bits per heavy atom.